The van der Waals surface area contributed by atoms with E-state index in [1.807, 2.05) is 32.0 Å². The molecule has 29 heavy (non-hydrogen) atoms. The van der Waals surface area contributed by atoms with E-state index in [1.54, 1.807) is 29.2 Å². The Morgan fingerprint density at radius 1 is 1.07 bits per heavy atom. The van der Waals surface area contributed by atoms with Crippen molar-refractivity contribution in [2.75, 3.05) is 13.4 Å². The molecule has 4 rings (SSSR count). The highest BCUT2D eigenvalue weighted by molar-refractivity contribution is 5.79. The number of hydrogen-bond acceptors (Lipinski definition) is 6. The number of fused-ring (bicyclic) bond motifs is 2. The highest BCUT2D eigenvalue weighted by Crippen LogP contribution is 2.33. The van der Waals surface area contributed by atoms with Crippen molar-refractivity contribution in [3.63, 3.8) is 0 Å². The average Bonchev–Trinajstić information content (AvgIpc) is 3.17. The Hall–Kier alpha value is -3.48. The van der Waals surface area contributed by atoms with Gasteiger partial charge >= 0.3 is 5.63 Å². The Morgan fingerprint density at radius 3 is 2.69 bits per heavy atom. The Kier molecular flexibility index (Phi) is 5.12. The van der Waals surface area contributed by atoms with E-state index in [4.69, 9.17) is 18.6 Å². The quantitative estimate of drug-likeness (QED) is 0.596. The van der Waals surface area contributed by atoms with Crippen LogP contribution in [0.15, 0.2) is 57.7 Å². The first-order valence-corrected chi connectivity index (χ1v) is 9.34. The fourth-order valence-electron chi connectivity index (χ4n) is 3.15. The van der Waals surface area contributed by atoms with E-state index >= 15 is 0 Å². The highest BCUT2D eigenvalue weighted by atomic mass is 16.7. The third-order valence-corrected chi connectivity index (χ3v) is 4.69. The van der Waals surface area contributed by atoms with Crippen molar-refractivity contribution < 1.29 is 23.4 Å². The van der Waals surface area contributed by atoms with Crippen LogP contribution in [-0.4, -0.2) is 30.2 Å². The molecular weight excluding hydrogens is 374 g/mol. The Morgan fingerprint density at radius 2 is 1.86 bits per heavy atom. The predicted octanol–water partition coefficient (Wildman–Crippen LogP) is 3.34. The molecule has 0 saturated heterocycles. The van der Waals surface area contributed by atoms with Crippen LogP contribution >= 0.6 is 0 Å². The normalized spacial score (nSPS) is 12.4. The smallest absolute Gasteiger partial charge is 0.336 e. The fraction of sp³-hybridized carbons (Fsp3) is 0.273. The van der Waals surface area contributed by atoms with E-state index in [-0.39, 0.29) is 25.3 Å². The zero-order chi connectivity index (χ0) is 20.4. The third-order valence-electron chi connectivity index (χ3n) is 4.69. The second kappa shape index (κ2) is 7.87. The lowest BCUT2D eigenvalue weighted by Gasteiger charge is -2.27. The number of benzene rings is 2. The van der Waals surface area contributed by atoms with Gasteiger partial charge in [0.1, 0.15) is 11.3 Å². The maximum atomic E-state index is 12.8. The predicted molar refractivity (Wildman–Crippen MR) is 106 cm³/mol. The summed E-state index contributed by atoms with van der Waals surface area (Å²) in [6.07, 6.45) is 0. The molecule has 0 fully saturated rings. The van der Waals surface area contributed by atoms with E-state index in [0.717, 1.165) is 10.9 Å². The SMILES string of the molecule is CC(C)N(Cc1ccc2c(c1)OCO2)C(=O)COc1ccc2ccc(=O)oc2c1. The van der Waals surface area contributed by atoms with Gasteiger partial charge in [-0.15, -0.1) is 0 Å². The van der Waals surface area contributed by atoms with Crippen LogP contribution in [0.5, 0.6) is 17.2 Å². The van der Waals surface area contributed by atoms with E-state index in [0.29, 0.717) is 29.4 Å². The van der Waals surface area contributed by atoms with Crippen LogP contribution in [0.25, 0.3) is 11.0 Å². The van der Waals surface area contributed by atoms with Gasteiger partial charge in [0.15, 0.2) is 18.1 Å². The number of nitrogens with zero attached hydrogens (tertiary/aromatic N) is 1. The molecule has 0 radical (unpaired) electrons. The average molecular weight is 395 g/mol. The maximum absolute atomic E-state index is 12.8. The molecule has 7 nitrogen and oxygen atoms in total. The van der Waals surface area contributed by atoms with Gasteiger partial charge in [-0.2, -0.15) is 0 Å². The number of rotatable bonds is 6. The largest absolute Gasteiger partial charge is 0.484 e. The molecule has 0 saturated carbocycles. The number of carbonyl (C=O) groups is 1. The first kappa shape index (κ1) is 18.9. The summed E-state index contributed by atoms with van der Waals surface area (Å²) in [5, 5.41) is 0.787. The van der Waals surface area contributed by atoms with Crippen molar-refractivity contribution in [3.8, 4) is 17.2 Å². The van der Waals surface area contributed by atoms with Crippen molar-refractivity contribution in [3.05, 3.63) is 64.5 Å². The van der Waals surface area contributed by atoms with Crippen LogP contribution < -0.4 is 19.8 Å². The summed E-state index contributed by atoms with van der Waals surface area (Å²) in [5.41, 5.74) is 0.938. The second-order valence-electron chi connectivity index (χ2n) is 7.05. The van der Waals surface area contributed by atoms with Gasteiger partial charge in [0.05, 0.1) is 0 Å². The molecule has 0 unspecified atom stereocenters. The summed E-state index contributed by atoms with van der Waals surface area (Å²) in [6, 6.07) is 13.8. The monoisotopic (exact) mass is 395 g/mol. The second-order valence-corrected chi connectivity index (χ2v) is 7.05. The molecule has 2 heterocycles. The molecule has 3 aromatic rings. The molecule has 0 spiro atoms. The zero-order valence-electron chi connectivity index (χ0n) is 16.2. The molecule has 0 bridgehead atoms. The molecule has 0 atom stereocenters. The first-order valence-electron chi connectivity index (χ1n) is 9.34. The summed E-state index contributed by atoms with van der Waals surface area (Å²) < 4.78 is 21.6. The van der Waals surface area contributed by atoms with Gasteiger partial charge in [-0.25, -0.2) is 4.79 Å². The van der Waals surface area contributed by atoms with Gasteiger partial charge in [-0.05, 0) is 49.7 Å². The molecule has 1 amide bonds. The molecule has 1 aliphatic heterocycles. The maximum Gasteiger partial charge on any atom is 0.336 e. The number of ether oxygens (including phenoxy) is 3. The van der Waals surface area contributed by atoms with Gasteiger partial charge in [0.25, 0.3) is 5.91 Å². The first-order chi connectivity index (χ1) is 14.0. The lowest BCUT2D eigenvalue weighted by molar-refractivity contribution is -0.135. The van der Waals surface area contributed by atoms with Crippen molar-refractivity contribution >= 4 is 16.9 Å². The van der Waals surface area contributed by atoms with Gasteiger partial charge < -0.3 is 23.5 Å². The van der Waals surface area contributed by atoms with Gasteiger partial charge in [0, 0.05) is 30.1 Å². The molecular formula is C22H21NO6. The van der Waals surface area contributed by atoms with Gasteiger partial charge in [0.2, 0.25) is 6.79 Å². The van der Waals surface area contributed by atoms with E-state index in [2.05, 4.69) is 0 Å². The van der Waals surface area contributed by atoms with Crippen LogP contribution in [0.3, 0.4) is 0 Å². The van der Waals surface area contributed by atoms with Crippen LogP contribution in [0.2, 0.25) is 0 Å². The van der Waals surface area contributed by atoms with Crippen molar-refractivity contribution in [2.24, 2.45) is 0 Å². The zero-order valence-corrected chi connectivity index (χ0v) is 16.2. The lowest BCUT2D eigenvalue weighted by Crippen LogP contribution is -2.39. The van der Waals surface area contributed by atoms with E-state index in [1.165, 1.54) is 6.07 Å². The molecule has 0 N–H and O–H groups in total. The summed E-state index contributed by atoms with van der Waals surface area (Å²) in [5.74, 6) is 1.72. The topological polar surface area (TPSA) is 78.2 Å². The molecule has 150 valence electrons. The number of amides is 1. The van der Waals surface area contributed by atoms with Crippen molar-refractivity contribution in [1.29, 1.82) is 0 Å². The summed E-state index contributed by atoms with van der Waals surface area (Å²) in [6.45, 7) is 4.44. The van der Waals surface area contributed by atoms with Crippen molar-refractivity contribution in [1.82, 2.24) is 4.90 Å². The Bertz CT molecular complexity index is 1100. The summed E-state index contributed by atoms with van der Waals surface area (Å²) >= 11 is 0. The minimum absolute atomic E-state index is 0.00820. The molecule has 2 aromatic carbocycles. The minimum atomic E-state index is -0.430. The van der Waals surface area contributed by atoms with Crippen molar-refractivity contribution in [2.45, 2.75) is 26.4 Å². The Labute approximate surface area is 167 Å². The molecule has 1 aliphatic rings. The standard InChI is InChI=1S/C22H21NO6/c1-14(2)23(11-15-3-7-18-20(9-15)28-13-27-18)21(24)12-26-17-6-4-16-5-8-22(25)29-19(16)10-17/h3-10,14H,11-13H2,1-2H3. The number of carbonyl (C=O) groups excluding carboxylic acids is 1. The minimum Gasteiger partial charge on any atom is -0.484 e. The van der Waals surface area contributed by atoms with E-state index in [9.17, 15) is 9.59 Å². The Balaban J connectivity index is 1.44. The van der Waals surface area contributed by atoms with Gasteiger partial charge in [-0.1, -0.05) is 6.07 Å². The molecule has 1 aromatic heterocycles. The van der Waals surface area contributed by atoms with E-state index < -0.39 is 5.63 Å². The van der Waals surface area contributed by atoms with Crippen LogP contribution in [-0.2, 0) is 11.3 Å². The highest BCUT2D eigenvalue weighted by Gasteiger charge is 2.20. The summed E-state index contributed by atoms with van der Waals surface area (Å²) in [4.78, 5) is 25.9. The van der Waals surface area contributed by atoms with Crippen LogP contribution in [0.4, 0.5) is 0 Å². The lowest BCUT2D eigenvalue weighted by atomic mass is 10.1. The number of hydrogen-bond donors (Lipinski definition) is 0. The molecule has 0 aliphatic carbocycles. The summed E-state index contributed by atoms with van der Waals surface area (Å²) in [7, 11) is 0. The fourth-order valence-corrected chi connectivity index (χ4v) is 3.15. The molecule has 7 heteroatoms. The third kappa shape index (κ3) is 4.18. The van der Waals surface area contributed by atoms with Gasteiger partial charge in [-0.3, -0.25) is 4.79 Å². The van der Waals surface area contributed by atoms with Crippen LogP contribution in [0, 0.1) is 0 Å². The van der Waals surface area contributed by atoms with Crippen LogP contribution in [0.1, 0.15) is 19.4 Å².